The van der Waals surface area contributed by atoms with Gasteiger partial charge in [-0.25, -0.2) is 0 Å². The third-order valence-electron chi connectivity index (χ3n) is 5.78. The lowest BCUT2D eigenvalue weighted by Gasteiger charge is -2.16. The normalized spacial score (nSPS) is 14.1. The van der Waals surface area contributed by atoms with Crippen LogP contribution in [-0.4, -0.2) is 33.7 Å². The molecule has 0 spiro atoms. The fraction of sp³-hybridized carbons (Fsp3) is 0.143. The van der Waals surface area contributed by atoms with E-state index in [2.05, 4.69) is 26.7 Å². The van der Waals surface area contributed by atoms with Gasteiger partial charge in [0.15, 0.2) is 10.9 Å². The summed E-state index contributed by atoms with van der Waals surface area (Å²) in [6.45, 7) is 5.68. The summed E-state index contributed by atoms with van der Waals surface area (Å²) in [6.07, 6.45) is 1.66. The van der Waals surface area contributed by atoms with Crippen LogP contribution in [0.3, 0.4) is 0 Å². The summed E-state index contributed by atoms with van der Waals surface area (Å²) in [6, 6.07) is 15.8. The van der Waals surface area contributed by atoms with Crippen LogP contribution in [0.15, 0.2) is 64.0 Å². The predicted molar refractivity (Wildman–Crippen MR) is 163 cm³/mol. The average Bonchev–Trinajstić information content (AvgIpc) is 3.14. The van der Waals surface area contributed by atoms with E-state index >= 15 is 0 Å². The van der Waals surface area contributed by atoms with Gasteiger partial charge in [0.25, 0.3) is 17.7 Å². The van der Waals surface area contributed by atoms with Gasteiger partial charge in [0.05, 0.1) is 21.2 Å². The Balaban J connectivity index is 1.35. The molecule has 1 fully saturated rings. The molecule has 0 atom stereocenters. The van der Waals surface area contributed by atoms with Crippen molar-refractivity contribution >= 4 is 85.3 Å². The van der Waals surface area contributed by atoms with Crippen molar-refractivity contribution < 1.29 is 19.1 Å². The third kappa shape index (κ3) is 7.07. The molecule has 3 aromatic rings. The van der Waals surface area contributed by atoms with Crippen LogP contribution in [0.4, 0.5) is 5.69 Å². The van der Waals surface area contributed by atoms with Crippen LogP contribution in [0.1, 0.15) is 32.6 Å². The molecule has 3 amide bonds. The van der Waals surface area contributed by atoms with Gasteiger partial charge in [0.2, 0.25) is 0 Å². The van der Waals surface area contributed by atoms with Crippen LogP contribution in [0, 0.1) is 20.8 Å². The number of nitrogens with zero attached hydrogens (tertiary/aromatic N) is 1. The van der Waals surface area contributed by atoms with E-state index in [1.165, 1.54) is 0 Å². The van der Waals surface area contributed by atoms with Gasteiger partial charge in [0, 0.05) is 4.47 Å². The zero-order chi connectivity index (χ0) is 28.3. The first kappa shape index (κ1) is 28.8. The maximum atomic E-state index is 12.9. The molecular formula is C28H23BrClN3O4S2. The smallest absolute Gasteiger partial charge is 0.285 e. The van der Waals surface area contributed by atoms with Gasteiger partial charge in [-0.3, -0.25) is 19.8 Å². The lowest BCUT2D eigenvalue weighted by atomic mass is 10.1. The van der Waals surface area contributed by atoms with Crippen LogP contribution in [0.25, 0.3) is 6.08 Å². The molecule has 1 aliphatic rings. The Morgan fingerprint density at radius 1 is 1.08 bits per heavy atom. The molecule has 1 aliphatic heterocycles. The van der Waals surface area contributed by atoms with Gasteiger partial charge in [-0.2, -0.15) is 5.01 Å². The number of aryl methyl sites for hydroxylation is 3. The van der Waals surface area contributed by atoms with Crippen molar-refractivity contribution in [1.82, 2.24) is 10.4 Å². The van der Waals surface area contributed by atoms with Crippen LogP contribution in [0.5, 0.6) is 5.75 Å². The molecule has 7 nitrogen and oxygen atoms in total. The summed E-state index contributed by atoms with van der Waals surface area (Å²) in [5.74, 6) is -0.777. The van der Waals surface area contributed by atoms with Gasteiger partial charge in [-0.1, -0.05) is 41.6 Å². The number of thiocarbonyl (C=S) groups is 1. The van der Waals surface area contributed by atoms with Crippen molar-refractivity contribution in [2.75, 3.05) is 11.9 Å². The molecule has 0 aliphatic carbocycles. The molecule has 4 rings (SSSR count). The standard InChI is InChI=1S/C28H23BrClN3O4S2/c1-15-4-9-20(22(30)10-15)26(35)32-33-27(36)24(39-28(33)38)13-18-5-7-19(8-6-18)37-14-25(34)31-23-12-17(3)16(2)11-21(23)29/h4-13H,14H2,1-3H3,(H,31,34)(H,32,35)/b24-13+. The highest BCUT2D eigenvalue weighted by atomic mass is 79.9. The maximum Gasteiger partial charge on any atom is 0.285 e. The first-order valence-corrected chi connectivity index (χ1v) is 14.1. The minimum atomic E-state index is -0.534. The number of hydrogen-bond donors (Lipinski definition) is 2. The van der Waals surface area contributed by atoms with Crippen molar-refractivity contribution in [2.24, 2.45) is 0 Å². The Morgan fingerprint density at radius 3 is 2.46 bits per heavy atom. The van der Waals surface area contributed by atoms with E-state index in [0.717, 1.165) is 43.5 Å². The number of ether oxygens (including phenoxy) is 1. The van der Waals surface area contributed by atoms with E-state index in [4.69, 9.17) is 28.6 Å². The van der Waals surface area contributed by atoms with Crippen LogP contribution >= 0.6 is 51.5 Å². The minimum absolute atomic E-state index is 0.165. The molecule has 1 saturated heterocycles. The first-order chi connectivity index (χ1) is 18.5. The minimum Gasteiger partial charge on any atom is -0.484 e. The zero-order valence-corrected chi connectivity index (χ0v) is 25.1. The quantitative estimate of drug-likeness (QED) is 0.223. The summed E-state index contributed by atoms with van der Waals surface area (Å²) in [4.78, 5) is 38.3. The van der Waals surface area contributed by atoms with Gasteiger partial charge < -0.3 is 10.1 Å². The molecular weight excluding hydrogens is 622 g/mol. The van der Waals surface area contributed by atoms with Gasteiger partial charge in [0.1, 0.15) is 5.75 Å². The predicted octanol–water partition coefficient (Wildman–Crippen LogP) is 6.59. The molecule has 0 radical (unpaired) electrons. The molecule has 0 aromatic heterocycles. The number of hydrazine groups is 1. The highest BCUT2D eigenvalue weighted by Gasteiger charge is 2.34. The molecule has 3 aromatic carbocycles. The van der Waals surface area contributed by atoms with Crippen molar-refractivity contribution in [2.45, 2.75) is 20.8 Å². The van der Waals surface area contributed by atoms with Gasteiger partial charge >= 0.3 is 0 Å². The summed E-state index contributed by atoms with van der Waals surface area (Å²) in [5.41, 5.74) is 7.27. The Hall–Kier alpha value is -3.18. The number of hydrogen-bond acceptors (Lipinski definition) is 6. The molecule has 0 bridgehead atoms. The number of benzene rings is 3. The highest BCUT2D eigenvalue weighted by molar-refractivity contribution is 9.10. The van der Waals surface area contributed by atoms with Crippen molar-refractivity contribution in [3.63, 3.8) is 0 Å². The molecule has 39 heavy (non-hydrogen) atoms. The molecule has 200 valence electrons. The Labute approximate surface area is 249 Å². The van der Waals surface area contributed by atoms with E-state index in [9.17, 15) is 14.4 Å². The second-order valence-electron chi connectivity index (χ2n) is 8.76. The van der Waals surface area contributed by atoms with E-state index < -0.39 is 11.8 Å². The average molecular weight is 645 g/mol. The van der Waals surface area contributed by atoms with Crippen molar-refractivity contribution in [3.05, 3.63) is 96.8 Å². The summed E-state index contributed by atoms with van der Waals surface area (Å²) < 4.78 is 6.61. The number of nitrogens with one attached hydrogen (secondary N) is 2. The fourth-order valence-electron chi connectivity index (χ4n) is 3.55. The lowest BCUT2D eigenvalue weighted by Crippen LogP contribution is -2.44. The molecule has 2 N–H and O–H groups in total. The summed E-state index contributed by atoms with van der Waals surface area (Å²) in [5, 5.41) is 4.16. The van der Waals surface area contributed by atoms with E-state index in [1.54, 1.807) is 48.5 Å². The van der Waals surface area contributed by atoms with Crippen molar-refractivity contribution in [3.8, 4) is 5.75 Å². The topological polar surface area (TPSA) is 87.7 Å². The molecule has 0 unspecified atom stereocenters. The fourth-order valence-corrected chi connectivity index (χ4v) is 5.61. The summed E-state index contributed by atoms with van der Waals surface area (Å²) >= 11 is 16.0. The number of anilines is 1. The monoisotopic (exact) mass is 643 g/mol. The first-order valence-electron chi connectivity index (χ1n) is 11.7. The van der Waals surface area contributed by atoms with Crippen molar-refractivity contribution in [1.29, 1.82) is 0 Å². The highest BCUT2D eigenvalue weighted by Crippen LogP contribution is 2.32. The number of thioether (sulfide) groups is 1. The molecule has 1 heterocycles. The Morgan fingerprint density at radius 2 is 1.77 bits per heavy atom. The number of halogens is 2. The number of rotatable bonds is 7. The SMILES string of the molecule is Cc1ccc(C(=O)NN2C(=O)/C(=C\c3ccc(OCC(=O)Nc4cc(C)c(C)cc4Br)cc3)SC2=S)c(Cl)c1. The van der Waals surface area contributed by atoms with Crippen LogP contribution < -0.4 is 15.5 Å². The lowest BCUT2D eigenvalue weighted by molar-refractivity contribution is -0.123. The zero-order valence-electron chi connectivity index (χ0n) is 21.1. The number of carbonyl (C=O) groups excluding carboxylic acids is 3. The summed E-state index contributed by atoms with van der Waals surface area (Å²) in [7, 11) is 0. The van der Waals surface area contributed by atoms with Crippen LogP contribution in [0.2, 0.25) is 5.02 Å². The largest absolute Gasteiger partial charge is 0.484 e. The Kier molecular flexibility index (Phi) is 9.12. The number of amides is 3. The second-order valence-corrected chi connectivity index (χ2v) is 11.7. The number of carbonyl (C=O) groups is 3. The van der Waals surface area contributed by atoms with Crippen LogP contribution in [-0.2, 0) is 9.59 Å². The Bertz CT molecular complexity index is 1530. The van der Waals surface area contributed by atoms with E-state index in [0.29, 0.717) is 16.3 Å². The maximum absolute atomic E-state index is 12.9. The van der Waals surface area contributed by atoms with E-state index in [1.807, 2.05) is 32.9 Å². The second kappa shape index (κ2) is 12.3. The van der Waals surface area contributed by atoms with Gasteiger partial charge in [-0.05, 0) is 114 Å². The third-order valence-corrected chi connectivity index (χ3v) is 8.05. The molecule has 0 saturated carbocycles. The van der Waals surface area contributed by atoms with Gasteiger partial charge in [-0.15, -0.1) is 0 Å². The van der Waals surface area contributed by atoms with E-state index in [-0.39, 0.29) is 27.4 Å². The molecule has 11 heteroatoms.